The Labute approximate surface area is 440 Å². The number of ether oxygens (including phenoxy) is 3. The highest BCUT2D eigenvalue weighted by atomic mass is 31.3. The number of nitrogens with zero attached hydrogens (tertiary/aromatic N) is 2. The van der Waals surface area contributed by atoms with Gasteiger partial charge in [0.1, 0.15) is 30.7 Å². The van der Waals surface area contributed by atoms with Crippen LogP contribution >= 0.6 is 15.6 Å². The van der Waals surface area contributed by atoms with E-state index in [4.69, 9.17) is 29.0 Å². The summed E-state index contributed by atoms with van der Waals surface area (Å²) in [6.45, 7) is 4.37. The van der Waals surface area contributed by atoms with Crippen LogP contribution in [0.5, 0.6) is 0 Å². The number of nitrogen functional groups attached to an aromatic ring is 1. The Hall–Kier alpha value is -3.32. The maximum absolute atomic E-state index is 12.9. The van der Waals surface area contributed by atoms with Crippen LogP contribution in [0.15, 0.2) is 65.7 Å². The molecule has 74 heavy (non-hydrogen) atoms. The number of hydrogen-bond donors (Lipinski definition) is 6. The zero-order valence-corrected chi connectivity index (χ0v) is 46.2. The van der Waals surface area contributed by atoms with Crippen LogP contribution in [0.1, 0.15) is 194 Å². The highest BCUT2D eigenvalue weighted by molar-refractivity contribution is 7.61. The van der Waals surface area contributed by atoms with Crippen LogP contribution < -0.4 is 11.4 Å². The molecule has 2 rings (SSSR count). The third-order valence-electron chi connectivity index (χ3n) is 12.5. The molecule has 0 amide bonds. The van der Waals surface area contributed by atoms with Crippen LogP contribution in [0, 0.1) is 5.92 Å². The Kier molecular flexibility index (Phi) is 36.1. The fourth-order valence-electron chi connectivity index (χ4n) is 7.89. The summed E-state index contributed by atoms with van der Waals surface area (Å²) >= 11 is 0. The monoisotopic (exact) mass is 1090 g/mol. The molecule has 1 aliphatic heterocycles. The van der Waals surface area contributed by atoms with Crippen LogP contribution in [-0.4, -0.2) is 96.9 Å². The van der Waals surface area contributed by atoms with E-state index in [1.807, 2.05) is 36.5 Å². The lowest BCUT2D eigenvalue weighted by Crippen LogP contribution is -2.36. The van der Waals surface area contributed by atoms with Gasteiger partial charge in [0.2, 0.25) is 0 Å². The first-order valence-electron chi connectivity index (χ1n) is 27.2. The number of hydrogen-bond acceptors (Lipinski definition) is 16. The Morgan fingerprint density at radius 2 is 1.38 bits per heavy atom. The molecule has 0 aliphatic carbocycles. The number of phosphoric acid groups is 2. The minimum absolute atomic E-state index is 0.0595. The standard InChI is InChI=1S/C53H91N3O16P2/c1-4-6-7-8-18-24-29-34-44(57)35-30-25-20-17-22-27-32-37-49(59)70-45(40-67-48(58)36-31-26-21-16-14-12-10-9-11-13-15-19-23-28-33-43(3)5-2)41-68-73(63,64)72-74(65,66)69-42-46-50(60)51(61)52(71-46)56-39-38-47(54)55-53(56)62/h17-18,22,24-25,29-30,34,38-39,43-46,50-52,57,60-61H,4-16,19-21,23,26-28,31-33,35-37,40-42H2,1-3H3,(H,63,64)(H,65,66)(H2,54,55,62)/b22-17+,24-18-,30-25-,34-29-/t43?,44-,45+,46+,50+,51+,52+/m0/s1. The van der Waals surface area contributed by atoms with Crippen molar-refractivity contribution in [2.75, 3.05) is 25.6 Å². The van der Waals surface area contributed by atoms with Gasteiger partial charge in [-0.25, -0.2) is 13.9 Å². The third kappa shape index (κ3) is 32.3. The van der Waals surface area contributed by atoms with Gasteiger partial charge in [0.15, 0.2) is 12.3 Å². The topological polar surface area (TPSA) is 286 Å². The Balaban J connectivity index is 1.82. The predicted molar refractivity (Wildman–Crippen MR) is 285 cm³/mol. The maximum Gasteiger partial charge on any atom is 0.481 e. The number of unbranched alkanes of at least 4 members (excludes halogenated alkanes) is 17. The van der Waals surface area contributed by atoms with Crippen molar-refractivity contribution in [3.63, 3.8) is 0 Å². The van der Waals surface area contributed by atoms with Gasteiger partial charge in [-0.2, -0.15) is 9.29 Å². The zero-order valence-electron chi connectivity index (χ0n) is 44.4. The molecule has 1 aromatic heterocycles. The molecule has 424 valence electrons. The van der Waals surface area contributed by atoms with Gasteiger partial charge in [-0.05, 0) is 56.9 Å². The molecular weight excluding hydrogens is 997 g/mol. The van der Waals surface area contributed by atoms with Crippen molar-refractivity contribution < 1.29 is 71.4 Å². The number of aromatic nitrogens is 2. The smallest absolute Gasteiger partial charge is 0.462 e. The van der Waals surface area contributed by atoms with Crippen LogP contribution in [0.2, 0.25) is 0 Å². The molecule has 0 saturated carbocycles. The van der Waals surface area contributed by atoms with Crippen molar-refractivity contribution in [2.24, 2.45) is 5.92 Å². The zero-order chi connectivity index (χ0) is 54.5. The molecule has 21 heteroatoms. The average Bonchev–Trinajstić information content (AvgIpc) is 3.63. The van der Waals surface area contributed by atoms with Gasteiger partial charge in [0.25, 0.3) is 0 Å². The van der Waals surface area contributed by atoms with Crippen LogP contribution in [-0.2, 0) is 46.3 Å². The summed E-state index contributed by atoms with van der Waals surface area (Å²) in [4.78, 5) is 62.0. The number of aliphatic hydroxyl groups is 3. The SMILES string of the molecule is CCCCC/C=C\C=C/[C@H](O)C/C=C\C/C=C/CCCC(=O)O[C@H](COC(=O)CCCCCCCCCCCCCCCCC(C)CC)COP(=O)(O)OP(=O)(O)OC[C@H]1O[C@@H](n2ccc(N)nc2=O)[C@H](O)[C@@H]1O. The molecule has 0 spiro atoms. The molecule has 3 unspecified atom stereocenters. The molecular formula is C53H91N3O16P2. The van der Waals surface area contributed by atoms with E-state index >= 15 is 0 Å². The number of rotatable bonds is 44. The van der Waals surface area contributed by atoms with E-state index in [2.05, 4.69) is 36.1 Å². The summed E-state index contributed by atoms with van der Waals surface area (Å²) in [6.07, 6.45) is 33.5. The van der Waals surface area contributed by atoms with E-state index in [1.165, 1.54) is 89.5 Å². The minimum atomic E-state index is -5.45. The first-order chi connectivity index (χ1) is 35.5. The van der Waals surface area contributed by atoms with Crippen molar-refractivity contribution in [2.45, 2.75) is 224 Å². The van der Waals surface area contributed by atoms with Crippen molar-refractivity contribution in [3.05, 3.63) is 71.4 Å². The third-order valence-corrected chi connectivity index (χ3v) is 15.1. The molecule has 0 aromatic carbocycles. The lowest BCUT2D eigenvalue weighted by atomic mass is 9.99. The Morgan fingerprint density at radius 1 is 0.770 bits per heavy atom. The molecule has 1 saturated heterocycles. The fourth-order valence-corrected chi connectivity index (χ4v) is 10.0. The highest BCUT2D eigenvalue weighted by Gasteiger charge is 2.46. The summed E-state index contributed by atoms with van der Waals surface area (Å²) in [5.41, 5.74) is 4.58. The van der Waals surface area contributed by atoms with E-state index in [-0.39, 0.29) is 18.7 Å². The Morgan fingerprint density at radius 3 is 2.03 bits per heavy atom. The molecule has 0 bridgehead atoms. The van der Waals surface area contributed by atoms with Crippen LogP contribution in [0.25, 0.3) is 0 Å². The van der Waals surface area contributed by atoms with Crippen LogP contribution in [0.4, 0.5) is 5.82 Å². The lowest BCUT2D eigenvalue weighted by molar-refractivity contribution is -0.161. The largest absolute Gasteiger partial charge is 0.481 e. The number of nitrogens with two attached hydrogens (primary N) is 1. The van der Waals surface area contributed by atoms with Crippen molar-refractivity contribution in [3.8, 4) is 0 Å². The van der Waals surface area contributed by atoms with E-state index in [0.29, 0.717) is 32.1 Å². The second kappa shape index (κ2) is 40.0. The van der Waals surface area contributed by atoms with E-state index in [1.54, 1.807) is 6.08 Å². The molecule has 7 N–H and O–H groups in total. The number of anilines is 1. The van der Waals surface area contributed by atoms with Gasteiger partial charge >= 0.3 is 33.3 Å². The van der Waals surface area contributed by atoms with Crippen molar-refractivity contribution in [1.82, 2.24) is 9.55 Å². The van der Waals surface area contributed by atoms with Gasteiger partial charge in [-0.1, -0.05) is 179 Å². The van der Waals surface area contributed by atoms with Gasteiger partial charge < -0.3 is 45.1 Å². The normalized spacial score (nSPS) is 20.1. The van der Waals surface area contributed by atoms with Gasteiger partial charge in [-0.15, -0.1) is 0 Å². The number of allylic oxidation sites excluding steroid dienone is 6. The predicted octanol–water partition coefficient (Wildman–Crippen LogP) is 10.6. The number of carbonyl (C=O) groups is 2. The minimum Gasteiger partial charge on any atom is -0.462 e. The summed E-state index contributed by atoms with van der Waals surface area (Å²) in [6, 6.07) is 1.24. The molecule has 1 aromatic rings. The quantitative estimate of drug-likeness (QED) is 0.0116. The van der Waals surface area contributed by atoms with Crippen molar-refractivity contribution in [1.29, 1.82) is 0 Å². The molecule has 9 atom stereocenters. The van der Waals surface area contributed by atoms with Gasteiger partial charge in [0.05, 0.1) is 19.3 Å². The van der Waals surface area contributed by atoms with E-state index in [0.717, 1.165) is 55.2 Å². The average molecular weight is 1090 g/mol. The second-order valence-corrected chi connectivity index (χ2v) is 22.2. The Bertz CT molecular complexity index is 1960. The molecule has 1 fully saturated rings. The first kappa shape index (κ1) is 66.8. The maximum atomic E-state index is 12.9. The van der Waals surface area contributed by atoms with Gasteiger partial charge in [-0.3, -0.25) is 23.2 Å². The van der Waals surface area contributed by atoms with Crippen LogP contribution in [0.3, 0.4) is 0 Å². The molecule has 2 heterocycles. The number of aliphatic hydroxyl groups excluding tert-OH is 3. The number of esters is 2. The lowest BCUT2D eigenvalue weighted by Gasteiger charge is -2.21. The number of phosphoric ester groups is 2. The summed E-state index contributed by atoms with van der Waals surface area (Å²) in [7, 11) is -10.9. The summed E-state index contributed by atoms with van der Waals surface area (Å²) in [5, 5.41) is 31.1. The van der Waals surface area contributed by atoms with E-state index in [9.17, 15) is 48.6 Å². The fraction of sp³-hybridized carbons (Fsp3) is 0.736. The van der Waals surface area contributed by atoms with Crippen molar-refractivity contribution >= 4 is 33.4 Å². The second-order valence-electron chi connectivity index (χ2n) is 19.2. The van der Waals surface area contributed by atoms with E-state index < -0.39 is 89.8 Å². The van der Waals surface area contributed by atoms with Gasteiger partial charge in [0, 0.05) is 19.0 Å². The molecule has 0 radical (unpaired) electrons. The highest BCUT2D eigenvalue weighted by Crippen LogP contribution is 2.60. The summed E-state index contributed by atoms with van der Waals surface area (Å²) < 4.78 is 56.8. The first-order valence-corrected chi connectivity index (χ1v) is 30.1. The number of carbonyl (C=O) groups excluding carboxylic acids is 2. The summed E-state index contributed by atoms with van der Waals surface area (Å²) in [5.74, 6) is -0.563. The molecule has 1 aliphatic rings. The molecule has 19 nitrogen and oxygen atoms in total.